The summed E-state index contributed by atoms with van der Waals surface area (Å²) in [6.07, 6.45) is -1.86. The number of hydrogen-bond donors (Lipinski definition) is 3. The summed E-state index contributed by atoms with van der Waals surface area (Å²) in [7, 11) is 1.49. The maximum Gasteiger partial charge on any atom is 0.401 e. The molecule has 0 radical (unpaired) electrons. The summed E-state index contributed by atoms with van der Waals surface area (Å²) in [6, 6.07) is 8.52. The Morgan fingerprint density at radius 3 is 2.74 bits per heavy atom. The summed E-state index contributed by atoms with van der Waals surface area (Å²) in [5, 5.41) is 7.36. The summed E-state index contributed by atoms with van der Waals surface area (Å²) in [4.78, 5) is 9.26. The van der Waals surface area contributed by atoms with Crippen LogP contribution in [0.2, 0.25) is 0 Å². The molecule has 10 heteroatoms. The van der Waals surface area contributed by atoms with Crippen molar-refractivity contribution < 1.29 is 22.3 Å². The molecule has 0 saturated heterocycles. The lowest BCUT2D eigenvalue weighted by molar-refractivity contribution is -0.155. The van der Waals surface area contributed by atoms with E-state index in [9.17, 15) is 17.6 Å². The fourth-order valence-corrected chi connectivity index (χ4v) is 4.83. The molecule has 6 nitrogen and oxygen atoms in total. The normalized spacial score (nSPS) is 18.6. The molecule has 35 heavy (non-hydrogen) atoms. The van der Waals surface area contributed by atoms with E-state index in [2.05, 4.69) is 20.6 Å². The Balaban J connectivity index is 1.72. The highest BCUT2D eigenvalue weighted by atomic mass is 19.4. The minimum Gasteiger partial charge on any atom is -0.495 e. The molecule has 0 spiro atoms. The second kappa shape index (κ2) is 10.8. The number of rotatable bonds is 10. The predicted octanol–water partition coefficient (Wildman–Crippen LogP) is 4.83. The molecule has 0 bridgehead atoms. The maximum atomic E-state index is 13.7. The first-order chi connectivity index (χ1) is 16.8. The van der Waals surface area contributed by atoms with Crippen molar-refractivity contribution in [2.45, 2.75) is 38.0 Å². The molecule has 1 unspecified atom stereocenters. The van der Waals surface area contributed by atoms with E-state index in [1.54, 1.807) is 12.3 Å². The largest absolute Gasteiger partial charge is 0.495 e. The Morgan fingerprint density at radius 1 is 1.20 bits per heavy atom. The van der Waals surface area contributed by atoms with Gasteiger partial charge in [0.05, 0.1) is 32.6 Å². The van der Waals surface area contributed by atoms with Gasteiger partial charge in [0, 0.05) is 41.3 Å². The van der Waals surface area contributed by atoms with Gasteiger partial charge in [-0.1, -0.05) is 18.2 Å². The molecule has 0 fully saturated rings. The van der Waals surface area contributed by atoms with Crippen molar-refractivity contribution in [2.75, 3.05) is 45.3 Å². The van der Waals surface area contributed by atoms with Crippen molar-refractivity contribution in [2.24, 2.45) is 0 Å². The topological polar surface area (TPSA) is 65.2 Å². The third kappa shape index (κ3) is 5.70. The van der Waals surface area contributed by atoms with Crippen LogP contribution in [0.15, 0.2) is 36.5 Å². The quantitative estimate of drug-likeness (QED) is 0.279. The highest BCUT2D eigenvalue weighted by molar-refractivity contribution is 5.85. The highest BCUT2D eigenvalue weighted by Crippen LogP contribution is 2.44. The van der Waals surface area contributed by atoms with E-state index in [-0.39, 0.29) is 12.7 Å². The summed E-state index contributed by atoms with van der Waals surface area (Å²) >= 11 is 0. The third-order valence-corrected chi connectivity index (χ3v) is 6.39. The van der Waals surface area contributed by atoms with Crippen molar-refractivity contribution in [1.82, 2.24) is 20.2 Å². The maximum absolute atomic E-state index is 13.7. The smallest absolute Gasteiger partial charge is 0.401 e. The standard InChI is InChI=1S/C25H31F4N5O/c1-16-12-18-17-6-3-4-7-20(17)33-23(18)24(34(16)15-25(27,28)29)19-13-22(32-14-21(19)35-2)31-11-10-30-9-5-8-26/h3-4,6-7,13-14,16,24,30,33H,5,8-12,15H2,1-2H3,(H,31,32)/t16-,24?/m1/s1. The Hall–Kier alpha value is -2.85. The van der Waals surface area contributed by atoms with Crippen LogP contribution < -0.4 is 15.4 Å². The first-order valence-electron chi connectivity index (χ1n) is 11.8. The van der Waals surface area contributed by atoms with Gasteiger partial charge in [0.25, 0.3) is 0 Å². The fourth-order valence-electron chi connectivity index (χ4n) is 4.83. The molecule has 0 saturated carbocycles. The first-order valence-corrected chi connectivity index (χ1v) is 11.8. The van der Waals surface area contributed by atoms with Crippen molar-refractivity contribution in [3.63, 3.8) is 0 Å². The number of methoxy groups -OCH3 is 1. The van der Waals surface area contributed by atoms with E-state index in [4.69, 9.17) is 4.74 Å². The Morgan fingerprint density at radius 2 is 2.00 bits per heavy atom. The van der Waals surface area contributed by atoms with Gasteiger partial charge in [0.15, 0.2) is 0 Å². The number of alkyl halides is 4. The average molecular weight is 494 g/mol. The summed E-state index contributed by atoms with van der Waals surface area (Å²) in [5.74, 6) is 0.962. The van der Waals surface area contributed by atoms with Crippen LogP contribution in [0.25, 0.3) is 10.9 Å². The number of halogens is 4. The van der Waals surface area contributed by atoms with Crippen LogP contribution in [0.4, 0.5) is 23.4 Å². The van der Waals surface area contributed by atoms with E-state index < -0.39 is 18.8 Å². The number of aromatic amines is 1. The van der Waals surface area contributed by atoms with Gasteiger partial charge >= 0.3 is 6.18 Å². The van der Waals surface area contributed by atoms with Crippen LogP contribution >= 0.6 is 0 Å². The van der Waals surface area contributed by atoms with Crippen LogP contribution in [0, 0.1) is 0 Å². The van der Waals surface area contributed by atoms with Crippen LogP contribution in [-0.4, -0.2) is 67.0 Å². The number of aromatic nitrogens is 2. The molecule has 3 heterocycles. The average Bonchev–Trinajstić information content (AvgIpc) is 3.19. The third-order valence-electron chi connectivity index (χ3n) is 6.39. The second-order valence-electron chi connectivity index (χ2n) is 8.84. The monoisotopic (exact) mass is 493 g/mol. The SMILES string of the molecule is COc1cnc(NCCNCCCF)cc1C1c2[nH]c3ccccc3c2C[C@@H](C)N1CC(F)(F)F. The van der Waals surface area contributed by atoms with Crippen LogP contribution in [0.3, 0.4) is 0 Å². The predicted molar refractivity (Wildman–Crippen MR) is 129 cm³/mol. The number of anilines is 1. The second-order valence-corrected chi connectivity index (χ2v) is 8.84. The number of ether oxygens (including phenoxy) is 1. The highest BCUT2D eigenvalue weighted by Gasteiger charge is 2.43. The molecule has 1 aliphatic heterocycles. The minimum atomic E-state index is -4.36. The zero-order valence-corrected chi connectivity index (χ0v) is 19.9. The van der Waals surface area contributed by atoms with Crippen LogP contribution in [0.1, 0.15) is 36.2 Å². The van der Waals surface area contributed by atoms with Gasteiger partial charge in [0.1, 0.15) is 11.6 Å². The molecule has 1 aliphatic rings. The number of benzene rings is 1. The van der Waals surface area contributed by atoms with Gasteiger partial charge in [-0.15, -0.1) is 0 Å². The van der Waals surface area contributed by atoms with E-state index in [0.29, 0.717) is 49.6 Å². The first kappa shape index (κ1) is 25.2. The number of nitrogens with zero attached hydrogens (tertiary/aromatic N) is 2. The number of fused-ring (bicyclic) bond motifs is 3. The van der Waals surface area contributed by atoms with Gasteiger partial charge in [-0.05, 0) is 44.0 Å². The molecule has 2 atom stereocenters. The van der Waals surface area contributed by atoms with Gasteiger partial charge in [-0.3, -0.25) is 9.29 Å². The number of H-pyrrole nitrogens is 1. The molecule has 190 valence electrons. The van der Waals surface area contributed by atoms with Gasteiger partial charge < -0.3 is 20.4 Å². The van der Waals surface area contributed by atoms with Crippen molar-refractivity contribution in [1.29, 1.82) is 0 Å². The van der Waals surface area contributed by atoms with E-state index >= 15 is 0 Å². The van der Waals surface area contributed by atoms with Gasteiger partial charge in [-0.25, -0.2) is 4.98 Å². The number of pyridine rings is 1. The van der Waals surface area contributed by atoms with Gasteiger partial charge in [-0.2, -0.15) is 13.2 Å². The molecule has 0 aliphatic carbocycles. The van der Waals surface area contributed by atoms with Gasteiger partial charge in [0.2, 0.25) is 0 Å². The molecule has 3 aromatic rings. The number of para-hydroxylation sites is 1. The van der Waals surface area contributed by atoms with Crippen LogP contribution in [0.5, 0.6) is 5.75 Å². The Bertz CT molecular complexity index is 1130. The molecule has 2 aromatic heterocycles. The summed E-state index contributed by atoms with van der Waals surface area (Å²) in [6.45, 7) is 2.15. The van der Waals surface area contributed by atoms with E-state index in [1.165, 1.54) is 12.0 Å². The summed E-state index contributed by atoms with van der Waals surface area (Å²) in [5.41, 5.74) is 3.28. The van der Waals surface area contributed by atoms with Crippen molar-refractivity contribution >= 4 is 16.7 Å². The molecule has 4 rings (SSSR count). The lowest BCUT2D eigenvalue weighted by Gasteiger charge is -2.41. The number of nitrogens with one attached hydrogen (secondary N) is 3. The molecule has 1 aromatic carbocycles. The van der Waals surface area contributed by atoms with E-state index in [1.807, 2.05) is 31.2 Å². The zero-order valence-electron chi connectivity index (χ0n) is 19.9. The molecule has 0 amide bonds. The van der Waals surface area contributed by atoms with Crippen molar-refractivity contribution in [3.05, 3.63) is 53.3 Å². The Kier molecular flexibility index (Phi) is 7.81. The van der Waals surface area contributed by atoms with Crippen molar-refractivity contribution in [3.8, 4) is 5.75 Å². The summed E-state index contributed by atoms with van der Waals surface area (Å²) < 4.78 is 58.9. The molecular weight excluding hydrogens is 462 g/mol. The van der Waals surface area contributed by atoms with E-state index in [0.717, 1.165) is 22.2 Å². The van der Waals surface area contributed by atoms with Crippen LogP contribution in [-0.2, 0) is 6.42 Å². The molecule has 3 N–H and O–H groups in total. The minimum absolute atomic E-state index is 0.345. The zero-order chi connectivity index (χ0) is 25.0. The fraction of sp³-hybridized carbons (Fsp3) is 0.480. The lowest BCUT2D eigenvalue weighted by atomic mass is 9.88. The lowest BCUT2D eigenvalue weighted by Crippen LogP contribution is -2.47. The number of hydrogen-bond acceptors (Lipinski definition) is 5. The molecular formula is C25H31F4N5O. The Labute approximate surface area is 202 Å².